The third kappa shape index (κ3) is 3.41. The molecule has 0 unspecified atom stereocenters. The number of Topliss-reactive ketones (excluding diaryl/α,β-unsaturated/α-hetero) is 1. The van der Waals surface area contributed by atoms with E-state index in [0.717, 1.165) is 11.0 Å². The van der Waals surface area contributed by atoms with Crippen LogP contribution >= 0.6 is 0 Å². The molecule has 2 amide bonds. The van der Waals surface area contributed by atoms with E-state index in [-0.39, 0.29) is 24.6 Å². The number of carbonyl (C=O) groups is 3. The summed E-state index contributed by atoms with van der Waals surface area (Å²) in [5, 5.41) is 11.9. The van der Waals surface area contributed by atoms with E-state index in [2.05, 4.69) is 5.32 Å². The fraction of sp³-hybridized carbons (Fsp3) is 0.389. The van der Waals surface area contributed by atoms with Gasteiger partial charge in [-0.2, -0.15) is 0 Å². The number of hydrogen-bond acceptors (Lipinski definition) is 7. The molecule has 2 N–H and O–H groups in total. The van der Waals surface area contributed by atoms with Crippen molar-refractivity contribution in [2.45, 2.75) is 19.8 Å². The lowest BCUT2D eigenvalue weighted by Gasteiger charge is -2.21. The van der Waals surface area contributed by atoms with E-state index < -0.39 is 11.8 Å². The van der Waals surface area contributed by atoms with Gasteiger partial charge < -0.3 is 19.9 Å². The van der Waals surface area contributed by atoms with Gasteiger partial charge in [0.25, 0.3) is 11.8 Å². The van der Waals surface area contributed by atoms with Crippen LogP contribution in [0.5, 0.6) is 11.5 Å². The largest absolute Gasteiger partial charge is 0.486 e. The number of benzene rings is 1. The van der Waals surface area contributed by atoms with Gasteiger partial charge in [0.1, 0.15) is 18.9 Å². The van der Waals surface area contributed by atoms with Crippen molar-refractivity contribution < 1.29 is 29.0 Å². The Hall–Kier alpha value is -2.87. The highest BCUT2D eigenvalue weighted by Crippen LogP contribution is 2.37. The molecule has 8 heteroatoms. The maximum atomic E-state index is 12.5. The van der Waals surface area contributed by atoms with Crippen LogP contribution in [0.25, 0.3) is 0 Å². The minimum absolute atomic E-state index is 0.0469. The standard InChI is InChI=1S/C18H20N2O6/c1-2-3-14(22)11-8-15-16(26-7-6-25-15)9-12(11)19-13-10-17(23)20(4-5-21)18(13)24/h8-10,19,21H,2-7H2,1H3. The van der Waals surface area contributed by atoms with E-state index in [0.29, 0.717) is 48.8 Å². The second-order valence-corrected chi connectivity index (χ2v) is 5.92. The lowest BCUT2D eigenvalue weighted by molar-refractivity contribution is -0.137. The Labute approximate surface area is 150 Å². The highest BCUT2D eigenvalue weighted by atomic mass is 16.6. The van der Waals surface area contributed by atoms with Crippen molar-refractivity contribution in [2.24, 2.45) is 0 Å². The normalized spacial score (nSPS) is 15.9. The monoisotopic (exact) mass is 360 g/mol. The van der Waals surface area contributed by atoms with Crippen LogP contribution < -0.4 is 14.8 Å². The van der Waals surface area contributed by atoms with Gasteiger partial charge in [-0.3, -0.25) is 19.3 Å². The number of nitrogens with one attached hydrogen (secondary N) is 1. The van der Waals surface area contributed by atoms with Gasteiger partial charge in [0, 0.05) is 24.1 Å². The average molecular weight is 360 g/mol. The smallest absolute Gasteiger partial charge is 0.277 e. The minimum Gasteiger partial charge on any atom is -0.486 e. The summed E-state index contributed by atoms with van der Waals surface area (Å²) in [5.41, 5.74) is 0.800. The fourth-order valence-corrected chi connectivity index (χ4v) is 2.84. The summed E-state index contributed by atoms with van der Waals surface area (Å²) < 4.78 is 11.1. The molecule has 0 bridgehead atoms. The molecule has 0 saturated carbocycles. The van der Waals surface area contributed by atoms with Gasteiger partial charge >= 0.3 is 0 Å². The number of carbonyl (C=O) groups excluding carboxylic acids is 3. The number of β-amino-alcohol motifs (C(OH)–C–C–N with tert-alkyl or cyclic N) is 1. The summed E-state index contributed by atoms with van der Waals surface area (Å²) in [4.78, 5) is 37.6. The maximum absolute atomic E-state index is 12.5. The molecule has 2 heterocycles. The number of imide groups is 1. The number of ether oxygens (including phenoxy) is 2. The van der Waals surface area contributed by atoms with Crippen molar-refractivity contribution in [3.8, 4) is 11.5 Å². The zero-order chi connectivity index (χ0) is 18.7. The van der Waals surface area contributed by atoms with Crippen molar-refractivity contribution >= 4 is 23.3 Å². The van der Waals surface area contributed by atoms with Gasteiger partial charge in [0.05, 0.1) is 18.8 Å². The van der Waals surface area contributed by atoms with E-state index in [1.807, 2.05) is 6.92 Å². The van der Waals surface area contributed by atoms with Crippen molar-refractivity contribution in [3.63, 3.8) is 0 Å². The number of anilines is 1. The molecule has 1 aromatic carbocycles. The molecule has 8 nitrogen and oxygen atoms in total. The zero-order valence-electron chi connectivity index (χ0n) is 14.4. The third-order valence-corrected chi connectivity index (χ3v) is 4.06. The Balaban J connectivity index is 1.93. The molecule has 0 aliphatic carbocycles. The summed E-state index contributed by atoms with van der Waals surface area (Å²) in [6, 6.07) is 3.20. The van der Waals surface area contributed by atoms with E-state index >= 15 is 0 Å². The van der Waals surface area contributed by atoms with E-state index in [9.17, 15) is 14.4 Å². The second kappa shape index (κ2) is 7.57. The van der Waals surface area contributed by atoms with Gasteiger partial charge in [-0.05, 0) is 12.5 Å². The molecular formula is C18H20N2O6. The van der Waals surface area contributed by atoms with Crippen LogP contribution in [0.15, 0.2) is 23.9 Å². The highest BCUT2D eigenvalue weighted by Gasteiger charge is 2.31. The molecule has 0 fully saturated rings. The van der Waals surface area contributed by atoms with Gasteiger partial charge in [0.15, 0.2) is 17.3 Å². The van der Waals surface area contributed by atoms with E-state index in [1.165, 1.54) is 0 Å². The first-order chi connectivity index (χ1) is 12.5. The Morgan fingerprint density at radius 2 is 1.92 bits per heavy atom. The molecule has 0 aromatic heterocycles. The van der Waals surface area contributed by atoms with Crippen molar-refractivity contribution in [3.05, 3.63) is 29.5 Å². The molecule has 26 heavy (non-hydrogen) atoms. The first kappa shape index (κ1) is 17.9. The van der Waals surface area contributed by atoms with E-state index in [4.69, 9.17) is 14.6 Å². The lowest BCUT2D eigenvalue weighted by Crippen LogP contribution is -2.34. The average Bonchev–Trinajstić information content (AvgIpc) is 2.89. The number of rotatable bonds is 7. The molecule has 0 spiro atoms. The highest BCUT2D eigenvalue weighted by molar-refractivity contribution is 6.18. The Morgan fingerprint density at radius 3 is 2.58 bits per heavy atom. The lowest BCUT2D eigenvalue weighted by atomic mass is 10.0. The van der Waals surface area contributed by atoms with Crippen LogP contribution in [-0.2, 0) is 9.59 Å². The van der Waals surface area contributed by atoms with Gasteiger partial charge in [-0.25, -0.2) is 0 Å². The number of aliphatic hydroxyl groups is 1. The SMILES string of the molecule is CCCC(=O)c1cc2c(cc1NC1=CC(=O)N(CCO)C1=O)OCCO2. The molecule has 0 saturated heterocycles. The summed E-state index contributed by atoms with van der Waals surface area (Å²) in [5.74, 6) is -0.211. The number of amides is 2. The Morgan fingerprint density at radius 1 is 1.23 bits per heavy atom. The number of hydrogen-bond donors (Lipinski definition) is 2. The molecule has 2 aliphatic rings. The molecular weight excluding hydrogens is 340 g/mol. The zero-order valence-corrected chi connectivity index (χ0v) is 14.4. The van der Waals surface area contributed by atoms with Gasteiger partial charge in [0.2, 0.25) is 0 Å². The summed E-state index contributed by atoms with van der Waals surface area (Å²) in [7, 11) is 0. The molecule has 3 rings (SSSR count). The first-order valence-corrected chi connectivity index (χ1v) is 8.47. The second-order valence-electron chi connectivity index (χ2n) is 5.92. The Bertz CT molecular complexity index is 786. The maximum Gasteiger partial charge on any atom is 0.277 e. The Kier molecular flexibility index (Phi) is 5.22. The molecule has 2 aliphatic heterocycles. The number of nitrogens with zero attached hydrogens (tertiary/aromatic N) is 1. The minimum atomic E-state index is -0.548. The molecule has 0 atom stereocenters. The molecule has 0 radical (unpaired) electrons. The van der Waals surface area contributed by atoms with Crippen LogP contribution in [0.4, 0.5) is 5.69 Å². The number of fused-ring (bicyclic) bond motifs is 1. The number of ketones is 1. The number of aliphatic hydroxyl groups excluding tert-OH is 1. The van der Waals surface area contributed by atoms with Gasteiger partial charge in [-0.1, -0.05) is 6.92 Å². The van der Waals surface area contributed by atoms with Gasteiger partial charge in [-0.15, -0.1) is 0 Å². The van der Waals surface area contributed by atoms with Crippen molar-refractivity contribution in [1.29, 1.82) is 0 Å². The van der Waals surface area contributed by atoms with Crippen LogP contribution in [0.1, 0.15) is 30.1 Å². The van der Waals surface area contributed by atoms with Crippen molar-refractivity contribution in [2.75, 3.05) is 31.7 Å². The molecule has 1 aromatic rings. The third-order valence-electron chi connectivity index (χ3n) is 4.06. The van der Waals surface area contributed by atoms with Crippen LogP contribution in [-0.4, -0.2) is 54.0 Å². The van der Waals surface area contributed by atoms with Crippen molar-refractivity contribution in [1.82, 2.24) is 4.90 Å². The predicted molar refractivity (Wildman–Crippen MR) is 92.2 cm³/mol. The molecule has 138 valence electrons. The summed E-state index contributed by atoms with van der Waals surface area (Å²) in [6.45, 7) is 2.29. The predicted octanol–water partition coefficient (Wildman–Crippen LogP) is 1.10. The van der Waals surface area contributed by atoms with Crippen LogP contribution in [0.2, 0.25) is 0 Å². The van der Waals surface area contributed by atoms with E-state index in [1.54, 1.807) is 12.1 Å². The summed E-state index contributed by atoms with van der Waals surface area (Å²) >= 11 is 0. The topological polar surface area (TPSA) is 105 Å². The quantitative estimate of drug-likeness (QED) is 0.554. The first-order valence-electron chi connectivity index (χ1n) is 8.47. The van der Waals surface area contributed by atoms with Crippen LogP contribution in [0, 0.1) is 0 Å². The van der Waals surface area contributed by atoms with Crippen LogP contribution in [0.3, 0.4) is 0 Å². The fourth-order valence-electron chi connectivity index (χ4n) is 2.84. The summed E-state index contributed by atoms with van der Waals surface area (Å²) in [6.07, 6.45) is 2.18.